The van der Waals surface area contributed by atoms with E-state index in [-0.39, 0.29) is 10.8 Å². The molecule has 0 aliphatic rings. The van der Waals surface area contributed by atoms with Crippen LogP contribution in [0.2, 0.25) is 0 Å². The van der Waals surface area contributed by atoms with Crippen LogP contribution in [0.5, 0.6) is 5.75 Å². The minimum atomic E-state index is -0.428. The molecule has 0 atom stereocenters. The van der Waals surface area contributed by atoms with Gasteiger partial charge in [0.25, 0.3) is 5.91 Å². The van der Waals surface area contributed by atoms with Gasteiger partial charge in [-0.25, -0.2) is 4.98 Å². The topological polar surface area (TPSA) is 76.1 Å². The summed E-state index contributed by atoms with van der Waals surface area (Å²) in [7, 11) is 0. The molecular formula is C23H18N4O2S. The van der Waals surface area contributed by atoms with E-state index in [1.54, 1.807) is 6.07 Å². The first-order valence-electron chi connectivity index (χ1n) is 9.28. The number of amides is 1. The zero-order valence-corrected chi connectivity index (χ0v) is 16.7. The molecule has 0 saturated carbocycles. The summed E-state index contributed by atoms with van der Waals surface area (Å²) < 4.78 is 5.82. The van der Waals surface area contributed by atoms with Gasteiger partial charge in [-0.3, -0.25) is 15.1 Å². The largest absolute Gasteiger partial charge is 0.489 e. The number of benzene rings is 3. The zero-order valence-electron chi connectivity index (χ0n) is 15.9. The van der Waals surface area contributed by atoms with Crippen LogP contribution in [0.25, 0.3) is 11.0 Å². The van der Waals surface area contributed by atoms with Gasteiger partial charge >= 0.3 is 0 Å². The molecule has 1 aromatic heterocycles. The van der Waals surface area contributed by atoms with Crippen LogP contribution >= 0.6 is 12.2 Å². The number of nitrogens with zero attached hydrogens (tertiary/aromatic N) is 2. The van der Waals surface area contributed by atoms with Gasteiger partial charge in [-0.2, -0.15) is 0 Å². The first-order chi connectivity index (χ1) is 14.7. The second-order valence-electron chi connectivity index (χ2n) is 6.45. The predicted octanol–water partition coefficient (Wildman–Crippen LogP) is 4.34. The molecule has 4 rings (SSSR count). The summed E-state index contributed by atoms with van der Waals surface area (Å²) in [6.45, 7) is 0.464. The highest BCUT2D eigenvalue weighted by Gasteiger charge is 2.11. The van der Waals surface area contributed by atoms with Crippen molar-refractivity contribution in [3.05, 3.63) is 96.3 Å². The molecule has 2 N–H and O–H groups in total. The van der Waals surface area contributed by atoms with E-state index >= 15 is 0 Å². The Hall–Kier alpha value is -3.84. The van der Waals surface area contributed by atoms with Crippen molar-refractivity contribution < 1.29 is 9.53 Å². The van der Waals surface area contributed by atoms with E-state index in [0.29, 0.717) is 23.6 Å². The van der Waals surface area contributed by atoms with Crippen LogP contribution in [-0.4, -0.2) is 21.0 Å². The van der Waals surface area contributed by atoms with Crippen molar-refractivity contribution in [1.29, 1.82) is 0 Å². The Balaban J connectivity index is 1.36. The highest BCUT2D eigenvalue weighted by molar-refractivity contribution is 7.80. The Kier molecular flexibility index (Phi) is 5.91. The van der Waals surface area contributed by atoms with Gasteiger partial charge in [0.05, 0.1) is 17.2 Å². The molecule has 0 saturated heterocycles. The Morgan fingerprint density at radius 2 is 1.70 bits per heavy atom. The van der Waals surface area contributed by atoms with Crippen molar-refractivity contribution in [3.8, 4) is 5.75 Å². The van der Waals surface area contributed by atoms with Gasteiger partial charge in [0.15, 0.2) is 5.11 Å². The maximum absolute atomic E-state index is 12.4. The Morgan fingerprint density at radius 3 is 2.53 bits per heavy atom. The number of hydrogen-bond donors (Lipinski definition) is 2. The molecule has 0 unspecified atom stereocenters. The number of carbonyl (C=O) groups is 1. The van der Waals surface area contributed by atoms with Crippen molar-refractivity contribution in [1.82, 2.24) is 15.3 Å². The number of fused-ring (bicyclic) bond motifs is 1. The average Bonchev–Trinajstić information content (AvgIpc) is 2.78. The normalized spacial score (nSPS) is 10.4. The fourth-order valence-corrected chi connectivity index (χ4v) is 3.01. The molecule has 148 valence electrons. The second-order valence-corrected chi connectivity index (χ2v) is 6.86. The van der Waals surface area contributed by atoms with Crippen molar-refractivity contribution in [2.75, 3.05) is 5.32 Å². The standard InChI is InChI=1S/C23H18N4O2S/c28-22(21-14-24-19-11-4-5-12-20(19)26-21)27-23(30)25-17-9-6-10-18(13-17)29-15-16-7-2-1-3-8-16/h1-14H,15H2,(H2,25,27,28,30). The van der Waals surface area contributed by atoms with E-state index in [4.69, 9.17) is 17.0 Å². The van der Waals surface area contributed by atoms with Gasteiger partial charge in [-0.1, -0.05) is 48.5 Å². The molecule has 4 aromatic rings. The minimum Gasteiger partial charge on any atom is -0.489 e. The average molecular weight is 414 g/mol. The van der Waals surface area contributed by atoms with Crippen LogP contribution in [0.3, 0.4) is 0 Å². The molecule has 0 fully saturated rings. The summed E-state index contributed by atoms with van der Waals surface area (Å²) in [6, 6.07) is 24.6. The fourth-order valence-electron chi connectivity index (χ4n) is 2.80. The van der Waals surface area contributed by atoms with Crippen molar-refractivity contribution >= 4 is 40.0 Å². The third-order valence-electron chi connectivity index (χ3n) is 4.25. The molecule has 0 aliphatic heterocycles. The monoisotopic (exact) mass is 414 g/mol. The molecule has 30 heavy (non-hydrogen) atoms. The molecule has 6 nitrogen and oxygen atoms in total. The summed E-state index contributed by atoms with van der Waals surface area (Å²) in [4.78, 5) is 21.0. The molecular weight excluding hydrogens is 396 g/mol. The maximum Gasteiger partial charge on any atom is 0.277 e. The number of thiocarbonyl (C=S) groups is 1. The lowest BCUT2D eigenvalue weighted by atomic mass is 10.2. The predicted molar refractivity (Wildman–Crippen MR) is 120 cm³/mol. The lowest BCUT2D eigenvalue weighted by molar-refractivity contribution is 0.0973. The first kappa shape index (κ1) is 19.5. The van der Waals surface area contributed by atoms with Crippen LogP contribution in [0.1, 0.15) is 16.1 Å². The van der Waals surface area contributed by atoms with E-state index in [1.165, 1.54) is 6.20 Å². The number of carbonyl (C=O) groups excluding carboxylic acids is 1. The molecule has 7 heteroatoms. The molecule has 0 radical (unpaired) electrons. The van der Waals surface area contributed by atoms with E-state index in [0.717, 1.165) is 11.1 Å². The number of ether oxygens (including phenoxy) is 1. The van der Waals surface area contributed by atoms with Crippen molar-refractivity contribution in [2.24, 2.45) is 0 Å². The molecule has 1 heterocycles. The quantitative estimate of drug-likeness (QED) is 0.473. The Bertz CT molecular complexity index is 1200. The van der Waals surface area contributed by atoms with Gasteiger partial charge in [0, 0.05) is 11.8 Å². The highest BCUT2D eigenvalue weighted by atomic mass is 32.1. The summed E-state index contributed by atoms with van der Waals surface area (Å²) in [5, 5.41) is 5.78. The molecule has 3 aromatic carbocycles. The highest BCUT2D eigenvalue weighted by Crippen LogP contribution is 2.18. The lowest BCUT2D eigenvalue weighted by Crippen LogP contribution is -2.34. The lowest BCUT2D eigenvalue weighted by Gasteiger charge is -2.11. The van der Waals surface area contributed by atoms with E-state index in [1.807, 2.05) is 72.8 Å². The first-order valence-corrected chi connectivity index (χ1v) is 9.69. The number of nitrogens with one attached hydrogen (secondary N) is 2. The van der Waals surface area contributed by atoms with E-state index < -0.39 is 5.91 Å². The van der Waals surface area contributed by atoms with Crippen molar-refractivity contribution in [2.45, 2.75) is 6.61 Å². The van der Waals surface area contributed by atoms with E-state index in [2.05, 4.69) is 20.6 Å². The summed E-state index contributed by atoms with van der Waals surface area (Å²) >= 11 is 5.26. The van der Waals surface area contributed by atoms with Gasteiger partial charge in [-0.05, 0) is 42.0 Å². The van der Waals surface area contributed by atoms with Crippen LogP contribution < -0.4 is 15.4 Å². The number of para-hydroxylation sites is 2. The van der Waals surface area contributed by atoms with E-state index in [9.17, 15) is 4.79 Å². The van der Waals surface area contributed by atoms with Crippen LogP contribution in [-0.2, 0) is 6.61 Å². The summed E-state index contributed by atoms with van der Waals surface area (Å²) in [6.07, 6.45) is 1.43. The summed E-state index contributed by atoms with van der Waals surface area (Å²) in [5.41, 5.74) is 3.35. The maximum atomic E-state index is 12.4. The van der Waals surface area contributed by atoms with Crippen LogP contribution in [0.4, 0.5) is 5.69 Å². The second kappa shape index (κ2) is 9.11. The van der Waals surface area contributed by atoms with Gasteiger partial charge in [0.2, 0.25) is 0 Å². The van der Waals surface area contributed by atoms with Gasteiger partial charge < -0.3 is 10.1 Å². The molecule has 0 spiro atoms. The van der Waals surface area contributed by atoms with Crippen LogP contribution in [0, 0.1) is 0 Å². The Morgan fingerprint density at radius 1 is 0.933 bits per heavy atom. The fraction of sp³-hybridized carbons (Fsp3) is 0.0435. The number of aromatic nitrogens is 2. The molecule has 0 aliphatic carbocycles. The molecule has 0 bridgehead atoms. The number of hydrogen-bond acceptors (Lipinski definition) is 5. The van der Waals surface area contributed by atoms with Crippen molar-refractivity contribution in [3.63, 3.8) is 0 Å². The van der Waals surface area contributed by atoms with Gasteiger partial charge in [-0.15, -0.1) is 0 Å². The smallest absolute Gasteiger partial charge is 0.277 e. The molecule has 1 amide bonds. The number of anilines is 1. The third kappa shape index (κ3) is 4.95. The SMILES string of the molecule is O=C(NC(=S)Nc1cccc(OCc2ccccc2)c1)c1cnc2ccccc2n1. The zero-order chi connectivity index (χ0) is 20.8. The third-order valence-corrected chi connectivity index (χ3v) is 4.45. The van der Waals surface area contributed by atoms with Gasteiger partial charge in [0.1, 0.15) is 18.1 Å². The number of rotatable bonds is 5. The van der Waals surface area contributed by atoms with Crippen LogP contribution in [0.15, 0.2) is 85.1 Å². The minimum absolute atomic E-state index is 0.162. The summed E-state index contributed by atoms with van der Waals surface area (Å²) in [5.74, 6) is 0.264. The Labute approximate surface area is 178 Å².